The molecular weight excluding hydrogens is 152 g/mol. The summed E-state index contributed by atoms with van der Waals surface area (Å²) in [4.78, 5) is 0. The summed E-state index contributed by atoms with van der Waals surface area (Å²) in [6, 6.07) is 0. The molecule has 0 aromatic carbocycles. The van der Waals surface area contributed by atoms with Crippen LogP contribution in [0.15, 0.2) is 0 Å². The second kappa shape index (κ2) is 3.35. The maximum atomic E-state index is 9.14. The van der Waals surface area contributed by atoms with E-state index in [1.54, 1.807) is 0 Å². The molecule has 0 amide bonds. The SMILES string of the molecule is CC(O)CCC1CC2CCC1O2. The van der Waals surface area contributed by atoms with Gasteiger partial charge in [-0.15, -0.1) is 0 Å². The summed E-state index contributed by atoms with van der Waals surface area (Å²) < 4.78 is 5.74. The molecule has 0 radical (unpaired) electrons. The van der Waals surface area contributed by atoms with E-state index in [-0.39, 0.29) is 6.10 Å². The summed E-state index contributed by atoms with van der Waals surface area (Å²) >= 11 is 0. The van der Waals surface area contributed by atoms with Crippen molar-refractivity contribution in [2.75, 3.05) is 0 Å². The minimum absolute atomic E-state index is 0.135. The van der Waals surface area contributed by atoms with Crippen molar-refractivity contribution in [1.82, 2.24) is 0 Å². The number of hydrogen-bond donors (Lipinski definition) is 1. The Hall–Kier alpha value is -0.0800. The molecule has 2 heteroatoms. The lowest BCUT2D eigenvalue weighted by atomic mass is 9.85. The molecule has 12 heavy (non-hydrogen) atoms. The van der Waals surface area contributed by atoms with Crippen LogP contribution in [0.5, 0.6) is 0 Å². The van der Waals surface area contributed by atoms with Gasteiger partial charge in [-0.1, -0.05) is 0 Å². The van der Waals surface area contributed by atoms with E-state index < -0.39 is 0 Å². The first-order valence-electron chi connectivity index (χ1n) is 5.09. The zero-order valence-corrected chi connectivity index (χ0v) is 7.70. The smallest absolute Gasteiger partial charge is 0.0609 e. The van der Waals surface area contributed by atoms with Crippen LogP contribution in [0.25, 0.3) is 0 Å². The molecule has 0 spiro atoms. The molecule has 2 rings (SSSR count). The van der Waals surface area contributed by atoms with Crippen LogP contribution in [0.1, 0.15) is 39.0 Å². The van der Waals surface area contributed by atoms with E-state index in [2.05, 4.69) is 0 Å². The van der Waals surface area contributed by atoms with Crippen LogP contribution in [0.4, 0.5) is 0 Å². The fourth-order valence-electron chi connectivity index (χ4n) is 2.50. The highest BCUT2D eigenvalue weighted by molar-refractivity contribution is 4.89. The molecule has 0 aromatic rings. The van der Waals surface area contributed by atoms with Crippen molar-refractivity contribution in [1.29, 1.82) is 0 Å². The largest absolute Gasteiger partial charge is 0.393 e. The Morgan fingerprint density at radius 1 is 1.50 bits per heavy atom. The second-order valence-corrected chi connectivity index (χ2v) is 4.30. The van der Waals surface area contributed by atoms with E-state index >= 15 is 0 Å². The van der Waals surface area contributed by atoms with Crippen molar-refractivity contribution in [3.8, 4) is 0 Å². The Kier molecular flexibility index (Phi) is 2.37. The predicted octanol–water partition coefficient (Wildman–Crippen LogP) is 1.71. The maximum absolute atomic E-state index is 9.14. The molecule has 2 nitrogen and oxygen atoms in total. The average Bonchev–Trinajstić information content (AvgIpc) is 2.60. The summed E-state index contributed by atoms with van der Waals surface area (Å²) in [5.74, 6) is 0.748. The zero-order valence-electron chi connectivity index (χ0n) is 7.70. The normalized spacial score (nSPS) is 42.0. The van der Waals surface area contributed by atoms with Crippen LogP contribution >= 0.6 is 0 Å². The van der Waals surface area contributed by atoms with Crippen molar-refractivity contribution < 1.29 is 9.84 Å². The first kappa shape index (κ1) is 8.52. The summed E-state index contributed by atoms with van der Waals surface area (Å²) in [5, 5.41) is 9.14. The standard InChI is InChI=1S/C10H18O2/c1-7(11)2-3-8-6-9-4-5-10(8)12-9/h7-11H,2-6H2,1H3. The Morgan fingerprint density at radius 3 is 2.83 bits per heavy atom. The number of fused-ring (bicyclic) bond motifs is 2. The van der Waals surface area contributed by atoms with Gasteiger partial charge in [-0.25, -0.2) is 0 Å². The maximum Gasteiger partial charge on any atom is 0.0609 e. The van der Waals surface area contributed by atoms with Crippen LogP contribution in [0.2, 0.25) is 0 Å². The molecule has 2 fully saturated rings. The van der Waals surface area contributed by atoms with E-state index in [9.17, 15) is 0 Å². The molecule has 0 aliphatic carbocycles. The molecule has 1 N–H and O–H groups in total. The van der Waals surface area contributed by atoms with Crippen LogP contribution in [-0.4, -0.2) is 23.4 Å². The number of ether oxygens (including phenoxy) is 1. The summed E-state index contributed by atoms with van der Waals surface area (Å²) in [6.45, 7) is 1.87. The third-order valence-corrected chi connectivity index (χ3v) is 3.19. The molecular formula is C10H18O2. The van der Waals surface area contributed by atoms with Crippen molar-refractivity contribution in [2.45, 2.75) is 57.3 Å². The average molecular weight is 170 g/mol. The summed E-state index contributed by atoms with van der Waals surface area (Å²) in [7, 11) is 0. The molecule has 0 aromatic heterocycles. The molecule has 2 bridgehead atoms. The molecule has 2 heterocycles. The monoisotopic (exact) mass is 170 g/mol. The molecule has 0 saturated carbocycles. The van der Waals surface area contributed by atoms with Crippen molar-refractivity contribution in [2.24, 2.45) is 5.92 Å². The van der Waals surface area contributed by atoms with Gasteiger partial charge in [0.05, 0.1) is 18.3 Å². The Balaban J connectivity index is 1.76. The van der Waals surface area contributed by atoms with Gasteiger partial charge in [0.25, 0.3) is 0 Å². The molecule has 70 valence electrons. The van der Waals surface area contributed by atoms with E-state index in [1.165, 1.54) is 19.3 Å². The summed E-state index contributed by atoms with van der Waals surface area (Å²) in [5.41, 5.74) is 0. The Bertz CT molecular complexity index is 156. The Labute approximate surface area is 73.9 Å². The second-order valence-electron chi connectivity index (χ2n) is 4.30. The molecule has 2 aliphatic heterocycles. The van der Waals surface area contributed by atoms with Gasteiger partial charge in [-0.05, 0) is 44.9 Å². The van der Waals surface area contributed by atoms with Crippen LogP contribution < -0.4 is 0 Å². The van der Waals surface area contributed by atoms with Crippen LogP contribution in [-0.2, 0) is 4.74 Å². The van der Waals surface area contributed by atoms with Gasteiger partial charge in [-0.3, -0.25) is 0 Å². The van der Waals surface area contributed by atoms with Crippen molar-refractivity contribution >= 4 is 0 Å². The van der Waals surface area contributed by atoms with Crippen molar-refractivity contribution in [3.05, 3.63) is 0 Å². The Morgan fingerprint density at radius 2 is 2.33 bits per heavy atom. The minimum Gasteiger partial charge on any atom is -0.393 e. The van der Waals surface area contributed by atoms with Crippen LogP contribution in [0, 0.1) is 5.92 Å². The van der Waals surface area contributed by atoms with Gasteiger partial charge < -0.3 is 9.84 Å². The van der Waals surface area contributed by atoms with E-state index in [1.807, 2.05) is 6.92 Å². The lowest BCUT2D eigenvalue weighted by molar-refractivity contribution is 0.0874. The minimum atomic E-state index is -0.135. The first-order valence-corrected chi connectivity index (χ1v) is 5.09. The lowest BCUT2D eigenvalue weighted by Crippen LogP contribution is -2.17. The predicted molar refractivity (Wildman–Crippen MR) is 46.9 cm³/mol. The fourth-order valence-corrected chi connectivity index (χ4v) is 2.50. The number of hydrogen-bond acceptors (Lipinski definition) is 2. The van der Waals surface area contributed by atoms with Crippen molar-refractivity contribution in [3.63, 3.8) is 0 Å². The fraction of sp³-hybridized carbons (Fsp3) is 1.00. The van der Waals surface area contributed by atoms with Gasteiger partial charge >= 0.3 is 0 Å². The third-order valence-electron chi connectivity index (χ3n) is 3.19. The first-order chi connectivity index (χ1) is 5.75. The molecule has 4 atom stereocenters. The molecule has 2 aliphatic rings. The quantitative estimate of drug-likeness (QED) is 0.698. The van der Waals surface area contributed by atoms with Gasteiger partial charge in [0.1, 0.15) is 0 Å². The number of aliphatic hydroxyl groups is 1. The van der Waals surface area contributed by atoms with E-state index in [0.29, 0.717) is 12.2 Å². The van der Waals surface area contributed by atoms with E-state index in [4.69, 9.17) is 9.84 Å². The van der Waals surface area contributed by atoms with Gasteiger partial charge in [0.2, 0.25) is 0 Å². The highest BCUT2D eigenvalue weighted by Crippen LogP contribution is 2.40. The number of aliphatic hydroxyl groups excluding tert-OH is 1. The molecule has 4 unspecified atom stereocenters. The van der Waals surface area contributed by atoms with E-state index in [0.717, 1.165) is 18.8 Å². The van der Waals surface area contributed by atoms with Crippen LogP contribution in [0.3, 0.4) is 0 Å². The van der Waals surface area contributed by atoms with Gasteiger partial charge in [-0.2, -0.15) is 0 Å². The van der Waals surface area contributed by atoms with Gasteiger partial charge in [0, 0.05) is 0 Å². The lowest BCUT2D eigenvalue weighted by Gasteiger charge is -2.18. The number of rotatable bonds is 3. The topological polar surface area (TPSA) is 29.5 Å². The van der Waals surface area contributed by atoms with Gasteiger partial charge in [0.15, 0.2) is 0 Å². The highest BCUT2D eigenvalue weighted by Gasteiger charge is 2.40. The third kappa shape index (κ3) is 1.64. The zero-order chi connectivity index (χ0) is 8.55. The molecule has 2 saturated heterocycles. The summed E-state index contributed by atoms with van der Waals surface area (Å²) in [6.07, 6.45) is 6.84. The highest BCUT2D eigenvalue weighted by atomic mass is 16.5.